The second-order valence-electron chi connectivity index (χ2n) is 2.97. The van der Waals surface area contributed by atoms with Crippen LogP contribution in [0, 0.1) is 0 Å². The van der Waals surface area contributed by atoms with Crippen LogP contribution < -0.4 is 0 Å². The van der Waals surface area contributed by atoms with Crippen molar-refractivity contribution in [3.8, 4) is 0 Å². The second kappa shape index (κ2) is 5.02. The first-order valence-electron chi connectivity index (χ1n) is 4.37. The zero-order valence-electron chi connectivity index (χ0n) is 7.86. The fraction of sp³-hybridized carbons (Fsp3) is 0.300. The molecule has 1 aromatic rings. The Labute approximate surface area is 85.4 Å². The van der Waals surface area contributed by atoms with Gasteiger partial charge in [-0.15, -0.1) is 0 Å². The first kappa shape index (κ1) is 11.1. The van der Waals surface area contributed by atoms with E-state index in [1.165, 1.54) is 6.07 Å². The van der Waals surface area contributed by atoms with E-state index in [9.17, 15) is 13.6 Å². The van der Waals surface area contributed by atoms with Crippen LogP contribution in [0.15, 0.2) is 24.3 Å². The van der Waals surface area contributed by atoms with Gasteiger partial charge in [0.1, 0.15) is 0 Å². The highest BCUT2D eigenvalue weighted by atomic mass is 32.2. The van der Waals surface area contributed by atoms with Crippen molar-refractivity contribution in [2.75, 3.05) is 0 Å². The van der Waals surface area contributed by atoms with Gasteiger partial charge in [0.25, 0.3) is 0 Å². The Morgan fingerprint density at radius 3 is 2.79 bits per heavy atom. The van der Waals surface area contributed by atoms with E-state index in [0.717, 1.165) is 18.4 Å². The average molecular weight is 211 g/mol. The van der Waals surface area contributed by atoms with Crippen LogP contribution in [0.5, 0.6) is 0 Å². The van der Waals surface area contributed by atoms with Crippen molar-refractivity contribution >= 4 is 16.2 Å². The Kier molecular flexibility index (Phi) is 3.98. The number of benzene rings is 1. The summed E-state index contributed by atoms with van der Waals surface area (Å²) < 4.78 is 20.8. The van der Waals surface area contributed by atoms with E-state index in [2.05, 4.69) is 0 Å². The maximum Gasteiger partial charge on any atom is 0.236 e. The molecule has 0 amide bonds. The fourth-order valence-corrected chi connectivity index (χ4v) is 1.56. The molecule has 0 aliphatic carbocycles. The summed E-state index contributed by atoms with van der Waals surface area (Å²) in [6.45, 7) is 2.03. The lowest BCUT2D eigenvalue weighted by molar-refractivity contribution is 0.107. The van der Waals surface area contributed by atoms with E-state index < -0.39 is 16.2 Å². The van der Waals surface area contributed by atoms with Gasteiger partial charge in [-0.05, 0) is 18.1 Å². The van der Waals surface area contributed by atoms with Gasteiger partial charge in [0.15, 0.2) is 0 Å². The summed E-state index contributed by atoms with van der Waals surface area (Å²) in [5, 5.41) is -0.844. The third kappa shape index (κ3) is 2.75. The summed E-state index contributed by atoms with van der Waals surface area (Å²) in [4.78, 5) is 11.1. The van der Waals surface area contributed by atoms with Crippen LogP contribution in [0.4, 0.5) is 0 Å². The highest BCUT2D eigenvalue weighted by Gasteiger charge is 2.05. The van der Waals surface area contributed by atoms with Crippen molar-refractivity contribution in [1.82, 2.24) is 0 Å². The highest BCUT2D eigenvalue weighted by molar-refractivity contribution is 7.95. The molecule has 0 saturated carbocycles. The van der Waals surface area contributed by atoms with E-state index in [1.54, 1.807) is 12.1 Å². The second-order valence-corrected chi connectivity index (χ2v) is 3.81. The molecule has 4 heteroatoms. The van der Waals surface area contributed by atoms with Gasteiger partial charge in [-0.2, -0.15) is 0 Å². The first-order valence-corrected chi connectivity index (χ1v) is 5.45. The van der Waals surface area contributed by atoms with Gasteiger partial charge >= 0.3 is 0 Å². The molecule has 0 aliphatic heterocycles. The first-order chi connectivity index (χ1) is 6.65. The van der Waals surface area contributed by atoms with Gasteiger partial charge in [0, 0.05) is 16.6 Å². The van der Waals surface area contributed by atoms with Gasteiger partial charge in [-0.1, -0.05) is 31.5 Å². The van der Waals surface area contributed by atoms with Crippen molar-refractivity contribution in [3.05, 3.63) is 35.4 Å². The molecule has 0 bridgehead atoms. The maximum atomic E-state index is 11.1. The maximum absolute atomic E-state index is 11.1. The van der Waals surface area contributed by atoms with Crippen LogP contribution in [0.3, 0.4) is 0 Å². The van der Waals surface area contributed by atoms with E-state index in [0.29, 0.717) is 0 Å². The smallest absolute Gasteiger partial charge is 0.236 e. The van der Waals surface area contributed by atoms with Gasteiger partial charge in [-0.3, -0.25) is 9.00 Å². The molecule has 0 heterocycles. The Morgan fingerprint density at radius 2 is 2.21 bits per heavy atom. The lowest BCUT2D eigenvalue weighted by Crippen LogP contribution is -2.06. The lowest BCUT2D eigenvalue weighted by Gasteiger charge is -2.05. The number of hydrogen-bond acceptors (Lipinski definition) is 3. The number of carbonyl (C=O) groups is 1. The lowest BCUT2D eigenvalue weighted by atomic mass is 10.1. The fourth-order valence-electron chi connectivity index (χ4n) is 1.24. The van der Waals surface area contributed by atoms with Gasteiger partial charge < -0.3 is 4.55 Å². The predicted molar refractivity (Wildman–Crippen MR) is 53.7 cm³/mol. The third-order valence-electron chi connectivity index (χ3n) is 1.85. The standard InChI is InChI=1S/C10H12O3S/c1-2-4-8-5-3-6-9(7-8)10(11)14(12)13/h3,5-7H,2,4H2,1H3,(H,12,13)/p-1. The number of aryl methyl sites for hydroxylation is 1. The molecule has 0 N–H and O–H groups in total. The van der Waals surface area contributed by atoms with Crippen molar-refractivity contribution < 1.29 is 13.6 Å². The summed E-state index contributed by atoms with van der Waals surface area (Å²) in [5.74, 6) is 0. The Hall–Kier alpha value is -1.00. The molecule has 0 spiro atoms. The van der Waals surface area contributed by atoms with Crippen LogP contribution >= 0.6 is 0 Å². The predicted octanol–water partition coefficient (Wildman–Crippen LogP) is 1.66. The summed E-state index contributed by atoms with van der Waals surface area (Å²) >= 11 is -2.66. The van der Waals surface area contributed by atoms with Gasteiger partial charge in [0.2, 0.25) is 5.12 Å². The molecular weight excluding hydrogens is 200 g/mol. The molecule has 0 aromatic heterocycles. The molecule has 0 aliphatic rings. The molecule has 0 radical (unpaired) electrons. The average Bonchev–Trinajstić information content (AvgIpc) is 2.17. The minimum Gasteiger partial charge on any atom is -0.766 e. The molecule has 0 fully saturated rings. The van der Waals surface area contributed by atoms with Crippen molar-refractivity contribution in [3.63, 3.8) is 0 Å². The van der Waals surface area contributed by atoms with Crippen LogP contribution in [-0.4, -0.2) is 13.9 Å². The molecule has 14 heavy (non-hydrogen) atoms. The van der Waals surface area contributed by atoms with Crippen LogP contribution in [-0.2, 0) is 17.5 Å². The zero-order chi connectivity index (χ0) is 10.6. The molecule has 3 nitrogen and oxygen atoms in total. The summed E-state index contributed by atoms with van der Waals surface area (Å²) in [5.41, 5.74) is 1.23. The van der Waals surface area contributed by atoms with Crippen LogP contribution in [0.25, 0.3) is 0 Å². The van der Waals surface area contributed by atoms with Crippen LogP contribution in [0.1, 0.15) is 29.3 Å². The molecule has 1 rings (SSSR count). The third-order valence-corrected chi connectivity index (χ3v) is 2.39. The Balaban J connectivity index is 2.93. The molecule has 1 unspecified atom stereocenters. The molecule has 0 saturated heterocycles. The summed E-state index contributed by atoms with van der Waals surface area (Å²) in [6.07, 6.45) is 1.82. The Morgan fingerprint density at radius 1 is 1.50 bits per heavy atom. The number of rotatable bonds is 3. The highest BCUT2D eigenvalue weighted by Crippen LogP contribution is 2.09. The number of carbonyl (C=O) groups excluding carboxylic acids is 1. The molecule has 1 aromatic carbocycles. The zero-order valence-corrected chi connectivity index (χ0v) is 8.67. The summed E-state index contributed by atoms with van der Waals surface area (Å²) in [6, 6.07) is 6.72. The van der Waals surface area contributed by atoms with Gasteiger partial charge in [-0.25, -0.2) is 0 Å². The normalized spacial score (nSPS) is 12.4. The van der Waals surface area contributed by atoms with Crippen molar-refractivity contribution in [2.24, 2.45) is 0 Å². The van der Waals surface area contributed by atoms with Gasteiger partial charge in [0.05, 0.1) is 0 Å². The molecule has 1 atom stereocenters. The topological polar surface area (TPSA) is 57.2 Å². The van der Waals surface area contributed by atoms with E-state index in [-0.39, 0.29) is 5.56 Å². The van der Waals surface area contributed by atoms with E-state index in [1.807, 2.05) is 13.0 Å². The summed E-state index contributed by atoms with van der Waals surface area (Å²) in [7, 11) is 0. The number of hydrogen-bond donors (Lipinski definition) is 0. The van der Waals surface area contributed by atoms with E-state index >= 15 is 0 Å². The van der Waals surface area contributed by atoms with E-state index in [4.69, 9.17) is 0 Å². The minimum atomic E-state index is -2.66. The monoisotopic (exact) mass is 211 g/mol. The Bertz CT molecular complexity index is 360. The van der Waals surface area contributed by atoms with Crippen molar-refractivity contribution in [2.45, 2.75) is 19.8 Å². The SMILES string of the molecule is CCCc1cccc(C(=O)S(=O)[O-])c1. The molecule has 76 valence electrons. The molecular formula is C10H11O3S-. The van der Waals surface area contributed by atoms with Crippen molar-refractivity contribution in [1.29, 1.82) is 0 Å². The largest absolute Gasteiger partial charge is 0.766 e. The minimum absolute atomic E-state index is 0.240. The van der Waals surface area contributed by atoms with Crippen LogP contribution in [0.2, 0.25) is 0 Å². The quantitative estimate of drug-likeness (QED) is 0.714.